The fourth-order valence-electron chi connectivity index (χ4n) is 5.52. The van der Waals surface area contributed by atoms with Gasteiger partial charge in [0.25, 0.3) is 0 Å². The Bertz CT molecular complexity index is 900. The van der Waals surface area contributed by atoms with Gasteiger partial charge < -0.3 is 19.4 Å². The van der Waals surface area contributed by atoms with Crippen molar-refractivity contribution in [1.82, 2.24) is 25.0 Å². The zero-order chi connectivity index (χ0) is 23.7. The zero-order valence-electron chi connectivity index (χ0n) is 19.8. The molecule has 3 unspecified atom stereocenters. The van der Waals surface area contributed by atoms with Gasteiger partial charge in [0.1, 0.15) is 0 Å². The lowest BCUT2D eigenvalue weighted by atomic mass is 9.84. The van der Waals surface area contributed by atoms with E-state index in [2.05, 4.69) is 15.2 Å². The second kappa shape index (κ2) is 9.99. The van der Waals surface area contributed by atoms with Crippen LogP contribution in [0.15, 0.2) is 30.3 Å². The number of benzene rings is 1. The first-order chi connectivity index (χ1) is 16.5. The number of amides is 3. The maximum Gasteiger partial charge on any atom is 0.247 e. The molecule has 3 atom stereocenters. The number of hydrogen-bond acceptors (Lipinski definition) is 7. The third kappa shape index (κ3) is 4.68. The Kier molecular flexibility index (Phi) is 6.82. The van der Waals surface area contributed by atoms with Crippen LogP contribution in [0.5, 0.6) is 0 Å². The number of hydrazine groups is 1. The maximum atomic E-state index is 13.6. The van der Waals surface area contributed by atoms with Crippen LogP contribution >= 0.6 is 0 Å². The fraction of sp³-hybridized carbons (Fsp3) is 0.625. The molecule has 4 saturated heterocycles. The van der Waals surface area contributed by atoms with Crippen molar-refractivity contribution in [2.24, 2.45) is 11.8 Å². The van der Waals surface area contributed by atoms with Crippen LogP contribution < -0.4 is 10.4 Å². The highest BCUT2D eigenvalue weighted by Gasteiger charge is 2.51. The summed E-state index contributed by atoms with van der Waals surface area (Å²) in [6, 6.07) is 9.33. The summed E-state index contributed by atoms with van der Waals surface area (Å²) in [4.78, 5) is 47.3. The van der Waals surface area contributed by atoms with Gasteiger partial charge >= 0.3 is 0 Å². The van der Waals surface area contributed by atoms with Gasteiger partial charge in [-0.2, -0.15) is 0 Å². The molecule has 1 aromatic rings. The Morgan fingerprint density at radius 1 is 0.971 bits per heavy atom. The molecule has 4 fully saturated rings. The molecule has 10 nitrogen and oxygen atoms in total. The fourth-order valence-corrected chi connectivity index (χ4v) is 5.52. The van der Waals surface area contributed by atoms with E-state index >= 15 is 0 Å². The van der Waals surface area contributed by atoms with Gasteiger partial charge in [0.05, 0.1) is 43.3 Å². The predicted molar refractivity (Wildman–Crippen MR) is 126 cm³/mol. The van der Waals surface area contributed by atoms with Gasteiger partial charge in [-0.25, -0.2) is 10.4 Å². The number of piperazine rings is 1. The minimum Gasteiger partial charge on any atom is -0.378 e. The van der Waals surface area contributed by atoms with Crippen LogP contribution in [0.1, 0.15) is 0 Å². The van der Waals surface area contributed by atoms with Crippen molar-refractivity contribution in [2.75, 3.05) is 84.2 Å². The summed E-state index contributed by atoms with van der Waals surface area (Å²) in [5.74, 6) is -0.291. The van der Waals surface area contributed by atoms with E-state index in [1.165, 1.54) is 0 Å². The van der Waals surface area contributed by atoms with Crippen molar-refractivity contribution in [3.8, 4) is 0 Å². The van der Waals surface area contributed by atoms with Crippen molar-refractivity contribution in [3.05, 3.63) is 30.3 Å². The first-order valence-corrected chi connectivity index (χ1v) is 12.2. The van der Waals surface area contributed by atoms with Crippen LogP contribution in [0, 0.1) is 11.8 Å². The summed E-state index contributed by atoms with van der Waals surface area (Å²) in [5, 5.41) is 1.62. The second-order valence-corrected chi connectivity index (χ2v) is 9.69. The van der Waals surface area contributed by atoms with E-state index in [9.17, 15) is 14.4 Å². The molecule has 34 heavy (non-hydrogen) atoms. The number of carbonyl (C=O) groups excluding carboxylic acids is 3. The number of fused-ring (bicyclic) bond motifs is 1. The van der Waals surface area contributed by atoms with E-state index in [0.717, 1.165) is 5.69 Å². The summed E-state index contributed by atoms with van der Waals surface area (Å²) >= 11 is 0. The molecule has 4 heterocycles. The summed E-state index contributed by atoms with van der Waals surface area (Å²) in [5.41, 5.74) is 4.16. The van der Waals surface area contributed by atoms with Crippen LogP contribution in [-0.2, 0) is 19.1 Å². The largest absolute Gasteiger partial charge is 0.378 e. The average Bonchev–Trinajstić information content (AvgIpc) is 3.20. The quantitative estimate of drug-likeness (QED) is 0.609. The number of hydrogen-bond donors (Lipinski definition) is 1. The Morgan fingerprint density at radius 2 is 1.68 bits per heavy atom. The molecule has 0 aliphatic carbocycles. The Balaban J connectivity index is 1.20. The van der Waals surface area contributed by atoms with Crippen molar-refractivity contribution < 1.29 is 19.1 Å². The molecule has 4 aliphatic heterocycles. The molecule has 1 N–H and O–H groups in total. The second-order valence-electron chi connectivity index (χ2n) is 9.69. The number of carbonyl (C=O) groups is 3. The minimum absolute atomic E-state index is 0.0204. The number of ether oxygens (including phenoxy) is 1. The molecule has 5 rings (SSSR count). The molecule has 0 bridgehead atoms. The molecular formula is C24H34N6O4. The van der Waals surface area contributed by atoms with Crippen molar-refractivity contribution in [1.29, 1.82) is 0 Å². The summed E-state index contributed by atoms with van der Waals surface area (Å²) in [6.45, 7) is 6.73. The number of rotatable bonds is 4. The molecule has 4 aliphatic rings. The van der Waals surface area contributed by atoms with Gasteiger partial charge in [-0.15, -0.1) is 0 Å². The Hall–Kier alpha value is -2.53. The van der Waals surface area contributed by atoms with Crippen LogP contribution in [0.4, 0.5) is 5.69 Å². The molecule has 184 valence electrons. The van der Waals surface area contributed by atoms with Crippen molar-refractivity contribution in [2.45, 2.75) is 6.04 Å². The molecule has 0 saturated carbocycles. The molecule has 1 aromatic carbocycles. The number of piperidine rings is 1. The normalized spacial score (nSPS) is 28.8. The topological polar surface area (TPSA) is 88.7 Å². The van der Waals surface area contributed by atoms with Gasteiger partial charge in [-0.05, 0) is 19.2 Å². The first kappa shape index (κ1) is 23.2. The van der Waals surface area contributed by atoms with Crippen LogP contribution in [-0.4, -0.2) is 123 Å². The molecule has 0 spiro atoms. The van der Waals surface area contributed by atoms with Crippen LogP contribution in [0.25, 0.3) is 0 Å². The molecule has 0 aromatic heterocycles. The number of anilines is 1. The lowest BCUT2D eigenvalue weighted by molar-refractivity contribution is -0.142. The highest BCUT2D eigenvalue weighted by Crippen LogP contribution is 2.32. The monoisotopic (exact) mass is 470 g/mol. The van der Waals surface area contributed by atoms with E-state index in [1.54, 1.807) is 5.01 Å². The Labute approximate surface area is 200 Å². The number of para-hydroxylation sites is 1. The highest BCUT2D eigenvalue weighted by atomic mass is 16.5. The van der Waals surface area contributed by atoms with Crippen molar-refractivity contribution >= 4 is 23.4 Å². The lowest BCUT2D eigenvalue weighted by Gasteiger charge is -2.41. The lowest BCUT2D eigenvalue weighted by Crippen LogP contribution is -2.59. The van der Waals surface area contributed by atoms with E-state index < -0.39 is 0 Å². The third-order valence-electron chi connectivity index (χ3n) is 7.44. The number of nitrogens with one attached hydrogen (secondary N) is 1. The van der Waals surface area contributed by atoms with E-state index in [4.69, 9.17) is 4.74 Å². The van der Waals surface area contributed by atoms with E-state index in [1.807, 2.05) is 47.2 Å². The van der Waals surface area contributed by atoms with Crippen LogP contribution in [0.2, 0.25) is 0 Å². The summed E-state index contributed by atoms with van der Waals surface area (Å²) in [6.07, 6.45) is 0. The van der Waals surface area contributed by atoms with Gasteiger partial charge in [0, 0.05) is 52.4 Å². The maximum absolute atomic E-state index is 13.6. The zero-order valence-corrected chi connectivity index (χ0v) is 19.8. The standard InChI is InChI=1S/C24H34N6O4/c1-26-15-19(22-20(16-26)24(33)30(25-22)18-5-3-2-4-6-18)23(32)29-9-7-27(8-10-29)17-21(31)28-11-13-34-14-12-28/h2-6,19-20,22,25H,7-17H2,1H3. The first-order valence-electron chi connectivity index (χ1n) is 12.2. The SMILES string of the molecule is CN1CC(C(=O)N2CCN(CC(=O)N3CCOCC3)CC2)C2NN(c3ccccc3)C(=O)C2C1. The van der Waals surface area contributed by atoms with Gasteiger partial charge in [-0.1, -0.05) is 18.2 Å². The van der Waals surface area contributed by atoms with Gasteiger partial charge in [0.2, 0.25) is 17.7 Å². The van der Waals surface area contributed by atoms with Gasteiger partial charge in [-0.3, -0.25) is 19.3 Å². The summed E-state index contributed by atoms with van der Waals surface area (Å²) < 4.78 is 5.33. The number of likely N-dealkylation sites (tertiary alicyclic amines) is 1. The van der Waals surface area contributed by atoms with E-state index in [0.29, 0.717) is 72.1 Å². The molecule has 10 heteroatoms. The molecule has 0 radical (unpaired) electrons. The van der Waals surface area contributed by atoms with Crippen molar-refractivity contribution in [3.63, 3.8) is 0 Å². The van der Waals surface area contributed by atoms with Gasteiger partial charge in [0.15, 0.2) is 0 Å². The number of nitrogens with zero attached hydrogens (tertiary/aromatic N) is 5. The average molecular weight is 471 g/mol. The Morgan fingerprint density at radius 3 is 2.38 bits per heavy atom. The van der Waals surface area contributed by atoms with Crippen LogP contribution in [0.3, 0.4) is 0 Å². The third-order valence-corrected chi connectivity index (χ3v) is 7.44. The molecule has 3 amide bonds. The number of morpholine rings is 1. The molecular weight excluding hydrogens is 436 g/mol. The summed E-state index contributed by atoms with van der Waals surface area (Å²) in [7, 11) is 1.98. The minimum atomic E-state index is -0.289. The smallest absolute Gasteiger partial charge is 0.247 e. The van der Waals surface area contributed by atoms with E-state index in [-0.39, 0.29) is 35.6 Å². The predicted octanol–water partition coefficient (Wildman–Crippen LogP) is -0.913. The highest BCUT2D eigenvalue weighted by molar-refractivity contribution is 5.98.